The lowest BCUT2D eigenvalue weighted by molar-refractivity contribution is -0.141. The Hall–Kier alpha value is -1.84. The molecule has 0 bridgehead atoms. The van der Waals surface area contributed by atoms with Crippen LogP contribution in [0.2, 0.25) is 0 Å². The van der Waals surface area contributed by atoms with E-state index in [-0.39, 0.29) is 5.91 Å². The molecule has 1 aliphatic carbocycles. The summed E-state index contributed by atoms with van der Waals surface area (Å²) in [6.07, 6.45) is 3.46. The van der Waals surface area contributed by atoms with E-state index >= 15 is 0 Å². The van der Waals surface area contributed by atoms with Crippen LogP contribution in [-0.2, 0) is 4.79 Å². The van der Waals surface area contributed by atoms with Crippen LogP contribution in [0.3, 0.4) is 0 Å². The molecule has 1 heterocycles. The number of carboxylic acid groups (broad SMARTS) is 1. The van der Waals surface area contributed by atoms with E-state index in [1.165, 1.54) is 0 Å². The van der Waals surface area contributed by atoms with Crippen LogP contribution in [0.4, 0.5) is 0 Å². The van der Waals surface area contributed by atoms with Gasteiger partial charge in [-0.1, -0.05) is 31.0 Å². The Balaban J connectivity index is 2.17. The SMILES string of the molecule is O=C1NC2(CCCC2)C(C(=O)O)c2ccccc21. The average Bonchev–Trinajstić information content (AvgIpc) is 2.77. The molecule has 1 unspecified atom stereocenters. The number of carboxylic acids is 1. The molecule has 1 atom stereocenters. The van der Waals surface area contributed by atoms with E-state index < -0.39 is 17.4 Å². The van der Waals surface area contributed by atoms with Crippen molar-refractivity contribution in [2.75, 3.05) is 0 Å². The molecule has 1 saturated carbocycles. The first-order valence-corrected chi connectivity index (χ1v) is 6.28. The maximum Gasteiger partial charge on any atom is 0.313 e. The smallest absolute Gasteiger partial charge is 0.313 e. The summed E-state index contributed by atoms with van der Waals surface area (Å²) in [5.41, 5.74) is 0.593. The van der Waals surface area contributed by atoms with Gasteiger partial charge in [0.1, 0.15) is 5.92 Å². The van der Waals surface area contributed by atoms with Gasteiger partial charge in [0.2, 0.25) is 0 Å². The molecule has 2 N–H and O–H groups in total. The molecule has 1 spiro atoms. The normalized spacial score (nSPS) is 24.7. The van der Waals surface area contributed by atoms with E-state index in [1.54, 1.807) is 24.3 Å². The minimum Gasteiger partial charge on any atom is -0.481 e. The number of rotatable bonds is 1. The van der Waals surface area contributed by atoms with Crippen molar-refractivity contribution in [3.8, 4) is 0 Å². The minimum absolute atomic E-state index is 0.134. The molecule has 0 aromatic heterocycles. The molecular formula is C14H15NO3. The summed E-state index contributed by atoms with van der Waals surface area (Å²) in [5.74, 6) is -1.59. The van der Waals surface area contributed by atoms with Crippen LogP contribution in [0.15, 0.2) is 24.3 Å². The Morgan fingerprint density at radius 3 is 2.61 bits per heavy atom. The summed E-state index contributed by atoms with van der Waals surface area (Å²) in [6.45, 7) is 0. The summed E-state index contributed by atoms with van der Waals surface area (Å²) in [7, 11) is 0. The Labute approximate surface area is 105 Å². The highest BCUT2D eigenvalue weighted by atomic mass is 16.4. The second-order valence-corrected chi connectivity index (χ2v) is 5.18. The quantitative estimate of drug-likeness (QED) is 0.794. The van der Waals surface area contributed by atoms with E-state index in [4.69, 9.17) is 0 Å². The van der Waals surface area contributed by atoms with Crippen LogP contribution >= 0.6 is 0 Å². The Morgan fingerprint density at radius 2 is 1.94 bits per heavy atom. The first kappa shape index (κ1) is 11.3. The summed E-state index contributed by atoms with van der Waals surface area (Å²) < 4.78 is 0. The molecule has 1 fully saturated rings. The molecule has 18 heavy (non-hydrogen) atoms. The molecule has 1 aromatic rings. The third-order valence-electron chi connectivity index (χ3n) is 4.17. The van der Waals surface area contributed by atoms with Crippen molar-refractivity contribution in [3.05, 3.63) is 35.4 Å². The van der Waals surface area contributed by atoms with Crippen LogP contribution in [0.5, 0.6) is 0 Å². The van der Waals surface area contributed by atoms with E-state index in [0.29, 0.717) is 11.1 Å². The highest BCUT2D eigenvalue weighted by Gasteiger charge is 2.51. The summed E-state index contributed by atoms with van der Waals surface area (Å²) >= 11 is 0. The summed E-state index contributed by atoms with van der Waals surface area (Å²) in [5, 5.41) is 12.5. The lowest BCUT2D eigenvalue weighted by Crippen LogP contribution is -2.56. The Morgan fingerprint density at radius 1 is 1.28 bits per heavy atom. The van der Waals surface area contributed by atoms with Crippen molar-refractivity contribution in [3.63, 3.8) is 0 Å². The third kappa shape index (κ3) is 1.45. The number of amides is 1. The van der Waals surface area contributed by atoms with E-state index in [9.17, 15) is 14.7 Å². The Kier molecular flexibility index (Phi) is 2.40. The average molecular weight is 245 g/mol. The monoisotopic (exact) mass is 245 g/mol. The molecule has 94 valence electrons. The van der Waals surface area contributed by atoms with Crippen molar-refractivity contribution in [1.29, 1.82) is 0 Å². The first-order chi connectivity index (χ1) is 8.64. The molecule has 0 saturated heterocycles. The second-order valence-electron chi connectivity index (χ2n) is 5.18. The fraction of sp³-hybridized carbons (Fsp3) is 0.429. The number of hydrogen-bond donors (Lipinski definition) is 2. The van der Waals surface area contributed by atoms with Crippen molar-refractivity contribution in [1.82, 2.24) is 5.32 Å². The number of carbonyl (C=O) groups excluding carboxylic acids is 1. The van der Waals surface area contributed by atoms with Gasteiger partial charge in [0.05, 0.1) is 5.54 Å². The van der Waals surface area contributed by atoms with Gasteiger partial charge in [-0.3, -0.25) is 9.59 Å². The maximum absolute atomic E-state index is 12.1. The molecule has 2 aliphatic rings. The number of carbonyl (C=O) groups is 2. The fourth-order valence-electron chi connectivity index (χ4n) is 3.41. The zero-order valence-corrected chi connectivity index (χ0v) is 9.98. The topological polar surface area (TPSA) is 66.4 Å². The zero-order valence-electron chi connectivity index (χ0n) is 9.98. The lowest BCUT2D eigenvalue weighted by atomic mass is 9.73. The Bertz CT molecular complexity index is 518. The number of nitrogens with one attached hydrogen (secondary N) is 1. The molecule has 3 rings (SSSR count). The first-order valence-electron chi connectivity index (χ1n) is 6.28. The third-order valence-corrected chi connectivity index (χ3v) is 4.17. The summed E-state index contributed by atoms with van der Waals surface area (Å²) in [4.78, 5) is 23.7. The molecule has 1 amide bonds. The van der Waals surface area contributed by atoms with Crippen molar-refractivity contribution < 1.29 is 14.7 Å². The number of benzene rings is 1. The highest BCUT2D eigenvalue weighted by Crippen LogP contribution is 2.45. The van der Waals surface area contributed by atoms with Crippen LogP contribution in [0, 0.1) is 0 Å². The second kappa shape index (κ2) is 3.83. The van der Waals surface area contributed by atoms with Gasteiger partial charge in [-0.05, 0) is 24.5 Å². The number of aliphatic carboxylic acids is 1. The van der Waals surface area contributed by atoms with E-state index in [0.717, 1.165) is 25.7 Å². The predicted molar refractivity (Wildman–Crippen MR) is 65.5 cm³/mol. The molecule has 1 aliphatic heterocycles. The van der Waals surface area contributed by atoms with Crippen LogP contribution < -0.4 is 5.32 Å². The molecule has 4 nitrogen and oxygen atoms in total. The van der Waals surface area contributed by atoms with Gasteiger partial charge in [0.25, 0.3) is 5.91 Å². The van der Waals surface area contributed by atoms with Gasteiger partial charge < -0.3 is 10.4 Å². The zero-order chi connectivity index (χ0) is 12.8. The maximum atomic E-state index is 12.1. The van der Waals surface area contributed by atoms with Gasteiger partial charge in [-0.25, -0.2) is 0 Å². The van der Waals surface area contributed by atoms with E-state index in [2.05, 4.69) is 5.32 Å². The van der Waals surface area contributed by atoms with Gasteiger partial charge in [0, 0.05) is 5.56 Å². The predicted octanol–water partition coefficient (Wildman–Crippen LogP) is 1.91. The standard InChI is InChI=1S/C14H15NO3/c16-12-10-6-2-1-5-9(10)11(13(17)18)14(15-12)7-3-4-8-14/h1-2,5-6,11H,3-4,7-8H2,(H,15,16)(H,17,18). The summed E-state index contributed by atoms with van der Waals surface area (Å²) in [6, 6.07) is 7.04. The number of hydrogen-bond acceptors (Lipinski definition) is 2. The lowest BCUT2D eigenvalue weighted by Gasteiger charge is -2.40. The van der Waals surface area contributed by atoms with Gasteiger partial charge in [-0.2, -0.15) is 0 Å². The van der Waals surface area contributed by atoms with Crippen LogP contribution in [-0.4, -0.2) is 22.5 Å². The van der Waals surface area contributed by atoms with E-state index in [1.807, 2.05) is 0 Å². The molecular weight excluding hydrogens is 230 g/mol. The van der Waals surface area contributed by atoms with Gasteiger partial charge >= 0.3 is 5.97 Å². The molecule has 1 aromatic carbocycles. The highest BCUT2D eigenvalue weighted by molar-refractivity contribution is 6.00. The van der Waals surface area contributed by atoms with Gasteiger partial charge in [0.15, 0.2) is 0 Å². The van der Waals surface area contributed by atoms with Crippen LogP contribution in [0.1, 0.15) is 47.5 Å². The fourth-order valence-corrected chi connectivity index (χ4v) is 3.41. The van der Waals surface area contributed by atoms with Crippen molar-refractivity contribution in [2.24, 2.45) is 0 Å². The van der Waals surface area contributed by atoms with Crippen molar-refractivity contribution >= 4 is 11.9 Å². The minimum atomic E-state index is -0.843. The van der Waals surface area contributed by atoms with Crippen molar-refractivity contribution in [2.45, 2.75) is 37.1 Å². The number of fused-ring (bicyclic) bond motifs is 1. The molecule has 4 heteroatoms. The molecule has 0 radical (unpaired) electrons. The van der Waals surface area contributed by atoms with Crippen LogP contribution in [0.25, 0.3) is 0 Å². The van der Waals surface area contributed by atoms with Gasteiger partial charge in [-0.15, -0.1) is 0 Å². The largest absolute Gasteiger partial charge is 0.481 e.